The number of piperidine rings is 1. The minimum atomic E-state index is -0.247. The number of carbonyl (C=O) groups is 1. The van der Waals surface area contributed by atoms with Crippen molar-refractivity contribution in [3.63, 3.8) is 0 Å². The van der Waals surface area contributed by atoms with Gasteiger partial charge in [-0.05, 0) is 74.2 Å². The molecular weight excluding hydrogens is 390 g/mol. The number of nitrogens with zero attached hydrogens (tertiary/aromatic N) is 4. The third kappa shape index (κ3) is 4.77. The standard InChI is InChI=1S/C24H29N5O2/c1-18-9-13-28(17-20-7-4-10-25-15-20)24(31)22(18)23(30)27(2)16-19-6-3-8-21(14-19)29-12-5-11-26-29/h3,5-6,8-9,11-14,20,25H,4,7,10,15-17H2,1-2H3. The lowest BCUT2D eigenvalue weighted by Crippen LogP contribution is -2.38. The summed E-state index contributed by atoms with van der Waals surface area (Å²) in [5, 5.41) is 7.64. The number of aromatic nitrogens is 3. The number of nitrogens with one attached hydrogen (secondary N) is 1. The Bertz CT molecular complexity index is 1100. The van der Waals surface area contributed by atoms with Crippen LogP contribution in [0.2, 0.25) is 0 Å². The fourth-order valence-electron chi connectivity index (χ4n) is 4.18. The van der Waals surface area contributed by atoms with E-state index in [1.54, 1.807) is 27.4 Å². The predicted octanol–water partition coefficient (Wildman–Crippen LogP) is 2.61. The first-order valence-electron chi connectivity index (χ1n) is 10.8. The molecule has 1 atom stereocenters. The maximum atomic E-state index is 13.2. The number of pyridine rings is 1. The van der Waals surface area contributed by atoms with Crippen molar-refractivity contribution >= 4 is 5.91 Å². The van der Waals surface area contributed by atoms with Crippen LogP contribution in [0.1, 0.15) is 34.3 Å². The Balaban J connectivity index is 1.53. The van der Waals surface area contributed by atoms with E-state index in [4.69, 9.17) is 0 Å². The van der Waals surface area contributed by atoms with E-state index in [-0.39, 0.29) is 17.0 Å². The summed E-state index contributed by atoms with van der Waals surface area (Å²) in [5.74, 6) is 0.169. The molecule has 3 heterocycles. The summed E-state index contributed by atoms with van der Waals surface area (Å²) < 4.78 is 3.48. The van der Waals surface area contributed by atoms with Crippen molar-refractivity contribution in [1.29, 1.82) is 0 Å². The molecule has 162 valence electrons. The number of hydrogen-bond donors (Lipinski definition) is 1. The molecule has 0 spiro atoms. The largest absolute Gasteiger partial charge is 0.337 e. The van der Waals surface area contributed by atoms with Gasteiger partial charge in [0.15, 0.2) is 0 Å². The van der Waals surface area contributed by atoms with Crippen LogP contribution in [0.4, 0.5) is 0 Å². The molecule has 0 saturated carbocycles. The third-order valence-corrected chi connectivity index (χ3v) is 5.89. The zero-order valence-electron chi connectivity index (χ0n) is 18.1. The zero-order valence-corrected chi connectivity index (χ0v) is 18.1. The molecule has 7 heteroatoms. The van der Waals surface area contributed by atoms with E-state index < -0.39 is 0 Å². The fourth-order valence-corrected chi connectivity index (χ4v) is 4.18. The molecule has 1 saturated heterocycles. The van der Waals surface area contributed by atoms with Gasteiger partial charge in [-0.2, -0.15) is 5.10 Å². The van der Waals surface area contributed by atoms with E-state index in [2.05, 4.69) is 10.4 Å². The highest BCUT2D eigenvalue weighted by atomic mass is 16.2. The molecule has 1 aliphatic heterocycles. The molecule has 31 heavy (non-hydrogen) atoms. The minimum Gasteiger partial charge on any atom is -0.337 e. The molecule has 0 bridgehead atoms. The molecule has 2 aromatic heterocycles. The number of benzene rings is 1. The number of hydrogen-bond acceptors (Lipinski definition) is 4. The highest BCUT2D eigenvalue weighted by molar-refractivity contribution is 5.95. The number of rotatable bonds is 6. The lowest BCUT2D eigenvalue weighted by molar-refractivity contribution is 0.0781. The van der Waals surface area contributed by atoms with Gasteiger partial charge in [0.2, 0.25) is 0 Å². The smallest absolute Gasteiger partial charge is 0.263 e. The van der Waals surface area contributed by atoms with Crippen LogP contribution < -0.4 is 10.9 Å². The average Bonchev–Trinajstić information content (AvgIpc) is 3.32. The van der Waals surface area contributed by atoms with Gasteiger partial charge in [-0.25, -0.2) is 4.68 Å². The molecule has 7 nitrogen and oxygen atoms in total. The summed E-state index contributed by atoms with van der Waals surface area (Å²) in [5.41, 5.74) is 2.68. The van der Waals surface area contributed by atoms with Gasteiger partial charge in [0, 0.05) is 38.7 Å². The first-order valence-corrected chi connectivity index (χ1v) is 10.8. The summed E-state index contributed by atoms with van der Waals surface area (Å²) in [6.07, 6.45) is 7.65. The van der Waals surface area contributed by atoms with Crippen LogP contribution in [-0.4, -0.2) is 45.3 Å². The van der Waals surface area contributed by atoms with Crippen molar-refractivity contribution in [3.05, 3.63) is 82.0 Å². The molecule has 0 aliphatic carbocycles. The van der Waals surface area contributed by atoms with Crippen molar-refractivity contribution in [2.24, 2.45) is 5.92 Å². The number of amides is 1. The van der Waals surface area contributed by atoms with Crippen LogP contribution in [-0.2, 0) is 13.1 Å². The highest BCUT2D eigenvalue weighted by Gasteiger charge is 2.21. The second kappa shape index (κ2) is 9.31. The van der Waals surface area contributed by atoms with Gasteiger partial charge < -0.3 is 14.8 Å². The molecule has 1 aliphatic rings. The highest BCUT2D eigenvalue weighted by Crippen LogP contribution is 2.15. The zero-order chi connectivity index (χ0) is 21.8. The average molecular weight is 420 g/mol. The van der Waals surface area contributed by atoms with Crippen LogP contribution in [0.5, 0.6) is 0 Å². The van der Waals surface area contributed by atoms with E-state index in [0.717, 1.165) is 37.2 Å². The Labute approximate surface area is 182 Å². The molecule has 1 aromatic carbocycles. The Morgan fingerprint density at radius 3 is 2.87 bits per heavy atom. The van der Waals surface area contributed by atoms with Gasteiger partial charge in [-0.1, -0.05) is 12.1 Å². The van der Waals surface area contributed by atoms with Crippen LogP contribution in [0.25, 0.3) is 5.69 Å². The molecule has 1 amide bonds. The summed E-state index contributed by atoms with van der Waals surface area (Å²) in [4.78, 5) is 28.0. The van der Waals surface area contributed by atoms with Gasteiger partial charge in [-0.3, -0.25) is 9.59 Å². The third-order valence-electron chi connectivity index (χ3n) is 5.89. The van der Waals surface area contributed by atoms with Crippen molar-refractivity contribution < 1.29 is 4.79 Å². The lowest BCUT2D eigenvalue weighted by atomic mass is 9.99. The number of aryl methyl sites for hydroxylation is 1. The predicted molar refractivity (Wildman–Crippen MR) is 120 cm³/mol. The van der Waals surface area contributed by atoms with Gasteiger partial charge in [0.25, 0.3) is 11.5 Å². The van der Waals surface area contributed by atoms with Gasteiger partial charge in [-0.15, -0.1) is 0 Å². The molecule has 0 radical (unpaired) electrons. The summed E-state index contributed by atoms with van der Waals surface area (Å²) >= 11 is 0. The Kier molecular flexibility index (Phi) is 6.32. The molecule has 3 aromatic rings. The van der Waals surface area contributed by atoms with E-state index in [0.29, 0.717) is 24.6 Å². The number of carbonyl (C=O) groups excluding carboxylic acids is 1. The SMILES string of the molecule is Cc1ccn(CC2CCCNC2)c(=O)c1C(=O)N(C)Cc1cccc(-n2cccn2)c1. The monoisotopic (exact) mass is 419 g/mol. The molecule has 1 N–H and O–H groups in total. The lowest BCUT2D eigenvalue weighted by Gasteiger charge is -2.24. The topological polar surface area (TPSA) is 72.2 Å². The maximum Gasteiger partial charge on any atom is 0.263 e. The Morgan fingerprint density at radius 1 is 1.26 bits per heavy atom. The van der Waals surface area contributed by atoms with Crippen molar-refractivity contribution in [3.8, 4) is 5.69 Å². The molecular formula is C24H29N5O2. The summed E-state index contributed by atoms with van der Waals surface area (Å²) in [7, 11) is 1.74. The Morgan fingerprint density at radius 2 is 2.13 bits per heavy atom. The van der Waals surface area contributed by atoms with Crippen LogP contribution >= 0.6 is 0 Å². The second-order valence-electron chi connectivity index (χ2n) is 8.33. The minimum absolute atomic E-state index is 0.201. The molecule has 1 fully saturated rings. The molecule has 4 rings (SSSR count). The van der Waals surface area contributed by atoms with E-state index in [1.165, 1.54) is 0 Å². The summed E-state index contributed by atoms with van der Waals surface area (Å²) in [6.45, 7) is 4.83. The first kappa shape index (κ1) is 21.1. The van der Waals surface area contributed by atoms with Crippen LogP contribution in [0, 0.1) is 12.8 Å². The van der Waals surface area contributed by atoms with Crippen molar-refractivity contribution in [2.45, 2.75) is 32.9 Å². The van der Waals surface area contributed by atoms with E-state index in [1.807, 2.05) is 55.7 Å². The van der Waals surface area contributed by atoms with Gasteiger partial charge in [0.1, 0.15) is 5.56 Å². The Hall–Kier alpha value is -3.19. The molecule has 1 unspecified atom stereocenters. The summed E-state index contributed by atoms with van der Waals surface area (Å²) in [6, 6.07) is 11.6. The quantitative estimate of drug-likeness (QED) is 0.667. The van der Waals surface area contributed by atoms with Crippen molar-refractivity contribution in [1.82, 2.24) is 24.6 Å². The maximum absolute atomic E-state index is 13.2. The van der Waals surface area contributed by atoms with Crippen LogP contribution in [0.3, 0.4) is 0 Å². The fraction of sp³-hybridized carbons (Fsp3) is 0.375. The van der Waals surface area contributed by atoms with Crippen molar-refractivity contribution in [2.75, 3.05) is 20.1 Å². The van der Waals surface area contributed by atoms with Gasteiger partial charge >= 0.3 is 0 Å². The van der Waals surface area contributed by atoms with E-state index in [9.17, 15) is 9.59 Å². The first-order chi connectivity index (χ1) is 15.0. The van der Waals surface area contributed by atoms with Gasteiger partial charge in [0.05, 0.1) is 5.69 Å². The van der Waals surface area contributed by atoms with Crippen LogP contribution in [0.15, 0.2) is 59.8 Å². The second-order valence-corrected chi connectivity index (χ2v) is 8.33. The van der Waals surface area contributed by atoms with E-state index >= 15 is 0 Å². The normalized spacial score (nSPS) is 16.3.